The van der Waals surface area contributed by atoms with Gasteiger partial charge in [-0.3, -0.25) is 9.69 Å². The summed E-state index contributed by atoms with van der Waals surface area (Å²) in [4.78, 5) is 19.9. The Bertz CT molecular complexity index is 1490. The zero-order chi connectivity index (χ0) is 23.9. The largest absolute Gasteiger partial charge is 0.295 e. The van der Waals surface area contributed by atoms with Crippen LogP contribution in [0.15, 0.2) is 64.3 Å². The zero-order valence-electron chi connectivity index (χ0n) is 18.4. The van der Waals surface area contributed by atoms with Crippen LogP contribution in [0.2, 0.25) is 0 Å². The van der Waals surface area contributed by atoms with Crippen LogP contribution >= 0.6 is 11.3 Å². The van der Waals surface area contributed by atoms with Crippen molar-refractivity contribution < 1.29 is 12.8 Å². The molecule has 2 aromatic carbocycles. The molecular weight excluding hydrogens is 477 g/mol. The van der Waals surface area contributed by atoms with Crippen molar-refractivity contribution in [1.82, 2.24) is 23.8 Å². The first kappa shape index (κ1) is 22.8. The highest BCUT2D eigenvalue weighted by Crippen LogP contribution is 2.25. The number of aromatic nitrogens is 3. The fourth-order valence-corrected chi connectivity index (χ4v) is 6.21. The van der Waals surface area contributed by atoms with E-state index in [9.17, 15) is 17.6 Å². The minimum atomic E-state index is -3.67. The Labute approximate surface area is 200 Å². The third-order valence-corrected chi connectivity index (χ3v) is 8.64. The summed E-state index contributed by atoms with van der Waals surface area (Å²) in [6.07, 6.45) is 0. The number of nitrogens with zero attached hydrogens (tertiary/aromatic N) is 5. The second kappa shape index (κ2) is 8.99. The van der Waals surface area contributed by atoms with Crippen molar-refractivity contribution >= 4 is 26.3 Å². The number of aryl methyl sites for hydroxylation is 1. The summed E-state index contributed by atoms with van der Waals surface area (Å²) >= 11 is 1.36. The van der Waals surface area contributed by atoms with E-state index >= 15 is 0 Å². The summed E-state index contributed by atoms with van der Waals surface area (Å²) in [6.45, 7) is 4.06. The molecule has 0 N–H and O–H groups in total. The van der Waals surface area contributed by atoms with Crippen LogP contribution in [0.4, 0.5) is 4.39 Å². The van der Waals surface area contributed by atoms with Crippen LogP contribution in [0.1, 0.15) is 11.3 Å². The summed E-state index contributed by atoms with van der Waals surface area (Å²) < 4.78 is 41.5. The van der Waals surface area contributed by atoms with Crippen LogP contribution in [0.3, 0.4) is 0 Å². The van der Waals surface area contributed by atoms with E-state index in [1.54, 1.807) is 0 Å². The van der Waals surface area contributed by atoms with E-state index in [1.807, 2.05) is 31.2 Å². The first-order chi connectivity index (χ1) is 16.3. The number of piperazine rings is 1. The quantitative estimate of drug-likeness (QED) is 0.420. The Hall–Kier alpha value is -2.99. The van der Waals surface area contributed by atoms with Gasteiger partial charge in [0.2, 0.25) is 15.0 Å². The molecule has 0 unspecified atom stereocenters. The molecule has 1 aliphatic heterocycles. The molecule has 0 amide bonds. The molecule has 0 aliphatic carbocycles. The predicted molar refractivity (Wildman–Crippen MR) is 128 cm³/mol. The van der Waals surface area contributed by atoms with E-state index < -0.39 is 15.8 Å². The van der Waals surface area contributed by atoms with Gasteiger partial charge in [-0.2, -0.15) is 13.9 Å². The zero-order valence-corrected chi connectivity index (χ0v) is 20.0. The highest BCUT2D eigenvalue weighted by atomic mass is 32.2. The molecule has 2 aromatic heterocycles. The van der Waals surface area contributed by atoms with Gasteiger partial charge in [-0.15, -0.1) is 0 Å². The number of hydrogen-bond acceptors (Lipinski definition) is 7. The van der Waals surface area contributed by atoms with Crippen molar-refractivity contribution in [3.8, 4) is 10.6 Å². The minimum Gasteiger partial charge on any atom is -0.295 e. The summed E-state index contributed by atoms with van der Waals surface area (Å²) in [5.74, 6) is -0.476. The van der Waals surface area contributed by atoms with Crippen molar-refractivity contribution in [2.45, 2.75) is 18.4 Å². The van der Waals surface area contributed by atoms with E-state index in [0.29, 0.717) is 43.4 Å². The van der Waals surface area contributed by atoms with Gasteiger partial charge in [-0.05, 0) is 31.2 Å². The average Bonchev–Trinajstić information content (AvgIpc) is 3.25. The summed E-state index contributed by atoms with van der Waals surface area (Å²) in [5.41, 5.74) is 2.46. The molecule has 5 rings (SSSR count). The average molecular weight is 500 g/mol. The summed E-state index contributed by atoms with van der Waals surface area (Å²) in [5, 5.41) is 5.14. The third-order valence-electron chi connectivity index (χ3n) is 5.76. The van der Waals surface area contributed by atoms with E-state index in [1.165, 1.54) is 38.4 Å². The topological polar surface area (TPSA) is 87.9 Å². The molecule has 0 bridgehead atoms. The maximum atomic E-state index is 13.2. The van der Waals surface area contributed by atoms with Gasteiger partial charge in [0.15, 0.2) is 0 Å². The molecule has 0 saturated carbocycles. The SMILES string of the molecule is Cc1ccc(-c2nn3c(=O)cc(CN4CCN(S(=O)(=O)c5ccc(F)cc5)CC4)nc3s2)cc1. The maximum absolute atomic E-state index is 13.2. The molecule has 8 nitrogen and oxygen atoms in total. The van der Waals surface area contributed by atoms with Crippen LogP contribution in [-0.2, 0) is 16.6 Å². The predicted octanol–water partition coefficient (Wildman–Crippen LogP) is 2.77. The Kier molecular flexibility index (Phi) is 6.02. The Morgan fingerprint density at radius 3 is 2.35 bits per heavy atom. The fourth-order valence-electron chi connectivity index (χ4n) is 3.86. The lowest BCUT2D eigenvalue weighted by Gasteiger charge is -2.33. The maximum Gasteiger partial charge on any atom is 0.275 e. The fraction of sp³-hybridized carbons (Fsp3) is 0.261. The Balaban J connectivity index is 1.29. The van der Waals surface area contributed by atoms with Gasteiger partial charge in [0, 0.05) is 44.4 Å². The smallest absolute Gasteiger partial charge is 0.275 e. The van der Waals surface area contributed by atoms with Crippen molar-refractivity contribution in [2.75, 3.05) is 26.2 Å². The number of rotatable bonds is 5. The van der Waals surface area contributed by atoms with Gasteiger partial charge in [-0.25, -0.2) is 17.8 Å². The molecular formula is C23H22FN5O3S2. The molecule has 1 fully saturated rings. The van der Waals surface area contributed by atoms with Gasteiger partial charge >= 0.3 is 0 Å². The Morgan fingerprint density at radius 1 is 1.00 bits per heavy atom. The summed E-state index contributed by atoms with van der Waals surface area (Å²) in [6, 6.07) is 14.3. The summed E-state index contributed by atoms with van der Waals surface area (Å²) in [7, 11) is -3.67. The number of fused-ring (bicyclic) bond motifs is 1. The van der Waals surface area contributed by atoms with Gasteiger partial charge in [-0.1, -0.05) is 41.2 Å². The number of sulfonamides is 1. The first-order valence-electron chi connectivity index (χ1n) is 10.7. The lowest BCUT2D eigenvalue weighted by atomic mass is 10.2. The molecule has 34 heavy (non-hydrogen) atoms. The van der Waals surface area contributed by atoms with Crippen LogP contribution in [0.5, 0.6) is 0 Å². The second-order valence-electron chi connectivity index (χ2n) is 8.19. The molecule has 0 radical (unpaired) electrons. The van der Waals surface area contributed by atoms with E-state index in [4.69, 9.17) is 0 Å². The van der Waals surface area contributed by atoms with Crippen LogP contribution < -0.4 is 5.56 Å². The Morgan fingerprint density at radius 2 is 1.68 bits per heavy atom. The second-order valence-corrected chi connectivity index (χ2v) is 11.1. The lowest BCUT2D eigenvalue weighted by Crippen LogP contribution is -2.48. The van der Waals surface area contributed by atoms with Crippen molar-refractivity contribution in [3.05, 3.63) is 82.0 Å². The number of benzene rings is 2. The van der Waals surface area contributed by atoms with Gasteiger partial charge in [0.25, 0.3) is 5.56 Å². The monoisotopic (exact) mass is 499 g/mol. The van der Waals surface area contributed by atoms with Crippen molar-refractivity contribution in [2.24, 2.45) is 0 Å². The van der Waals surface area contributed by atoms with Gasteiger partial charge in [0.05, 0.1) is 10.6 Å². The molecule has 176 valence electrons. The van der Waals surface area contributed by atoms with Crippen molar-refractivity contribution in [3.63, 3.8) is 0 Å². The van der Waals surface area contributed by atoms with Crippen LogP contribution in [-0.4, -0.2) is 58.4 Å². The molecule has 1 aliphatic rings. The molecule has 3 heterocycles. The normalized spacial score (nSPS) is 15.7. The van der Waals surface area contributed by atoms with Crippen LogP contribution in [0, 0.1) is 12.7 Å². The van der Waals surface area contributed by atoms with Gasteiger partial charge in [0.1, 0.15) is 10.8 Å². The van der Waals surface area contributed by atoms with Gasteiger partial charge < -0.3 is 0 Å². The van der Waals surface area contributed by atoms with Crippen molar-refractivity contribution in [1.29, 1.82) is 0 Å². The molecule has 4 aromatic rings. The van der Waals surface area contributed by atoms with E-state index in [2.05, 4.69) is 15.0 Å². The molecule has 0 atom stereocenters. The number of halogens is 1. The van der Waals surface area contributed by atoms with E-state index in [0.717, 1.165) is 28.3 Å². The standard InChI is InChI=1S/C23H22FN5O3S2/c1-16-2-4-17(5-3-16)22-26-29-21(30)14-19(25-23(29)33-22)15-27-10-12-28(13-11-27)34(31,32)20-8-6-18(24)7-9-20/h2-9,14H,10-13,15H2,1H3. The molecule has 1 saturated heterocycles. The lowest BCUT2D eigenvalue weighted by molar-refractivity contribution is 0.180. The highest BCUT2D eigenvalue weighted by molar-refractivity contribution is 7.89. The molecule has 11 heteroatoms. The van der Waals surface area contributed by atoms with Crippen LogP contribution in [0.25, 0.3) is 15.5 Å². The highest BCUT2D eigenvalue weighted by Gasteiger charge is 2.28. The number of hydrogen-bond donors (Lipinski definition) is 0. The van der Waals surface area contributed by atoms with E-state index in [-0.39, 0.29) is 10.5 Å². The minimum absolute atomic E-state index is 0.0806. The molecule has 0 spiro atoms. The third kappa shape index (κ3) is 4.51. The first-order valence-corrected chi connectivity index (χ1v) is 13.0.